The average molecular weight is 208 g/mol. The van der Waals surface area contributed by atoms with Crippen LogP contribution in [-0.2, 0) is 4.79 Å². The molecule has 0 unspecified atom stereocenters. The van der Waals surface area contributed by atoms with Gasteiger partial charge in [-0.05, 0) is 6.07 Å². The van der Waals surface area contributed by atoms with E-state index in [1.54, 1.807) is 24.2 Å². The summed E-state index contributed by atoms with van der Waals surface area (Å²) in [4.78, 5) is 15.8. The van der Waals surface area contributed by atoms with Crippen LogP contribution in [0.4, 0.5) is 5.69 Å². The molecular formula is C10H12N2OS. The van der Waals surface area contributed by atoms with E-state index < -0.39 is 0 Å². The molecule has 14 heavy (non-hydrogen) atoms. The Morgan fingerprint density at radius 1 is 1.79 bits per heavy atom. The van der Waals surface area contributed by atoms with Gasteiger partial charge in [-0.25, -0.2) is 0 Å². The SMILES string of the molecule is C=CCSc1ccncc1NC(C)=O. The number of nitrogens with one attached hydrogen (secondary N) is 1. The highest BCUT2D eigenvalue weighted by Crippen LogP contribution is 2.25. The zero-order valence-electron chi connectivity index (χ0n) is 7.99. The summed E-state index contributed by atoms with van der Waals surface area (Å²) in [5.74, 6) is 0.731. The van der Waals surface area contributed by atoms with Crippen molar-refractivity contribution in [1.82, 2.24) is 4.98 Å². The van der Waals surface area contributed by atoms with Gasteiger partial charge < -0.3 is 5.32 Å². The largest absolute Gasteiger partial charge is 0.324 e. The highest BCUT2D eigenvalue weighted by atomic mass is 32.2. The fourth-order valence-corrected chi connectivity index (χ4v) is 1.65. The Morgan fingerprint density at radius 2 is 2.57 bits per heavy atom. The molecule has 0 bridgehead atoms. The molecule has 1 rings (SSSR count). The number of hydrogen-bond donors (Lipinski definition) is 1. The Kier molecular flexibility index (Phi) is 4.19. The molecule has 1 N–H and O–H groups in total. The summed E-state index contributed by atoms with van der Waals surface area (Å²) in [6.45, 7) is 5.12. The summed E-state index contributed by atoms with van der Waals surface area (Å²) in [5.41, 5.74) is 0.756. The fraction of sp³-hybridized carbons (Fsp3) is 0.200. The number of carbonyl (C=O) groups is 1. The quantitative estimate of drug-likeness (QED) is 0.610. The monoisotopic (exact) mass is 208 g/mol. The molecule has 1 heterocycles. The Labute approximate surface area is 87.6 Å². The molecule has 0 aliphatic heterocycles. The predicted molar refractivity (Wildman–Crippen MR) is 59.5 cm³/mol. The summed E-state index contributed by atoms with van der Waals surface area (Å²) in [5, 5.41) is 2.73. The van der Waals surface area contributed by atoms with E-state index in [4.69, 9.17) is 0 Å². The van der Waals surface area contributed by atoms with E-state index in [0.29, 0.717) is 0 Å². The summed E-state index contributed by atoms with van der Waals surface area (Å²) in [6, 6.07) is 1.87. The molecule has 0 saturated heterocycles. The molecule has 0 radical (unpaired) electrons. The maximum Gasteiger partial charge on any atom is 0.221 e. The number of hydrogen-bond acceptors (Lipinski definition) is 3. The lowest BCUT2D eigenvalue weighted by Gasteiger charge is -2.06. The van der Waals surface area contributed by atoms with Crippen molar-refractivity contribution in [2.24, 2.45) is 0 Å². The topological polar surface area (TPSA) is 42.0 Å². The number of thioether (sulfide) groups is 1. The van der Waals surface area contributed by atoms with Gasteiger partial charge in [0.25, 0.3) is 0 Å². The first-order valence-corrected chi connectivity index (χ1v) is 5.18. The number of rotatable bonds is 4. The van der Waals surface area contributed by atoms with E-state index in [1.807, 2.05) is 12.1 Å². The maximum absolute atomic E-state index is 10.9. The first-order chi connectivity index (χ1) is 6.74. The summed E-state index contributed by atoms with van der Waals surface area (Å²) >= 11 is 1.62. The van der Waals surface area contributed by atoms with E-state index in [0.717, 1.165) is 16.3 Å². The number of anilines is 1. The highest BCUT2D eigenvalue weighted by Gasteiger charge is 2.02. The van der Waals surface area contributed by atoms with Crippen molar-refractivity contribution in [1.29, 1.82) is 0 Å². The van der Waals surface area contributed by atoms with Crippen LogP contribution < -0.4 is 5.32 Å². The lowest BCUT2D eigenvalue weighted by molar-refractivity contribution is -0.114. The maximum atomic E-state index is 10.9. The summed E-state index contributed by atoms with van der Waals surface area (Å²) in [6.07, 6.45) is 5.17. The predicted octanol–water partition coefficient (Wildman–Crippen LogP) is 2.32. The number of amides is 1. The molecule has 4 heteroatoms. The van der Waals surface area contributed by atoms with Crippen LogP contribution in [0.5, 0.6) is 0 Å². The molecule has 1 aromatic rings. The van der Waals surface area contributed by atoms with E-state index in [-0.39, 0.29) is 5.91 Å². The van der Waals surface area contributed by atoms with Gasteiger partial charge in [0.05, 0.1) is 11.9 Å². The Balaban J connectivity index is 2.79. The molecule has 1 amide bonds. The van der Waals surface area contributed by atoms with Crippen molar-refractivity contribution in [2.45, 2.75) is 11.8 Å². The van der Waals surface area contributed by atoms with E-state index in [9.17, 15) is 4.79 Å². The zero-order chi connectivity index (χ0) is 10.4. The van der Waals surface area contributed by atoms with Crippen LogP contribution in [0.3, 0.4) is 0 Å². The molecule has 0 atom stereocenters. The minimum Gasteiger partial charge on any atom is -0.324 e. The smallest absolute Gasteiger partial charge is 0.221 e. The van der Waals surface area contributed by atoms with Crippen LogP contribution in [0.1, 0.15) is 6.92 Å². The van der Waals surface area contributed by atoms with Crippen molar-refractivity contribution in [3.63, 3.8) is 0 Å². The number of pyridine rings is 1. The fourth-order valence-electron chi connectivity index (χ4n) is 0.940. The van der Waals surface area contributed by atoms with Gasteiger partial charge in [-0.1, -0.05) is 6.08 Å². The first-order valence-electron chi connectivity index (χ1n) is 4.19. The number of carbonyl (C=O) groups excluding carboxylic acids is 1. The van der Waals surface area contributed by atoms with Gasteiger partial charge in [-0.3, -0.25) is 9.78 Å². The lowest BCUT2D eigenvalue weighted by Crippen LogP contribution is -2.06. The minimum absolute atomic E-state index is 0.0848. The van der Waals surface area contributed by atoms with Crippen molar-refractivity contribution >= 4 is 23.4 Å². The third-order valence-electron chi connectivity index (χ3n) is 1.45. The summed E-state index contributed by atoms with van der Waals surface area (Å²) < 4.78 is 0. The molecule has 0 spiro atoms. The minimum atomic E-state index is -0.0848. The first kappa shape index (κ1) is 10.8. The van der Waals surface area contributed by atoms with Gasteiger partial charge in [0, 0.05) is 23.8 Å². The third kappa shape index (κ3) is 3.22. The molecule has 0 fully saturated rings. The van der Waals surface area contributed by atoms with Crippen LogP contribution in [0, 0.1) is 0 Å². The third-order valence-corrected chi connectivity index (χ3v) is 2.52. The van der Waals surface area contributed by atoms with Crippen LogP contribution in [0.2, 0.25) is 0 Å². The molecular weight excluding hydrogens is 196 g/mol. The van der Waals surface area contributed by atoms with Crippen molar-refractivity contribution in [3.05, 3.63) is 31.1 Å². The standard InChI is InChI=1S/C10H12N2OS/c1-3-6-14-10-4-5-11-7-9(10)12-8(2)13/h3-5,7H,1,6H2,2H3,(H,12,13). The number of nitrogens with zero attached hydrogens (tertiary/aromatic N) is 1. The zero-order valence-corrected chi connectivity index (χ0v) is 8.80. The second kappa shape index (κ2) is 5.44. The Bertz CT molecular complexity index is 339. The van der Waals surface area contributed by atoms with Gasteiger partial charge in [0.2, 0.25) is 5.91 Å². The van der Waals surface area contributed by atoms with Gasteiger partial charge >= 0.3 is 0 Å². The molecule has 0 aromatic carbocycles. The molecule has 1 aromatic heterocycles. The molecule has 3 nitrogen and oxygen atoms in total. The van der Waals surface area contributed by atoms with Gasteiger partial charge in [0.15, 0.2) is 0 Å². The summed E-state index contributed by atoms with van der Waals surface area (Å²) in [7, 11) is 0. The van der Waals surface area contributed by atoms with Gasteiger partial charge in [-0.15, -0.1) is 18.3 Å². The van der Waals surface area contributed by atoms with Crippen LogP contribution in [0.25, 0.3) is 0 Å². The van der Waals surface area contributed by atoms with Crippen molar-refractivity contribution < 1.29 is 4.79 Å². The number of aromatic nitrogens is 1. The molecule has 74 valence electrons. The Morgan fingerprint density at radius 3 is 3.21 bits per heavy atom. The molecule has 0 aliphatic carbocycles. The normalized spacial score (nSPS) is 9.50. The van der Waals surface area contributed by atoms with Crippen LogP contribution in [0.15, 0.2) is 36.0 Å². The highest BCUT2D eigenvalue weighted by molar-refractivity contribution is 7.99. The second-order valence-corrected chi connectivity index (χ2v) is 3.71. The van der Waals surface area contributed by atoms with Crippen LogP contribution >= 0.6 is 11.8 Å². The van der Waals surface area contributed by atoms with E-state index >= 15 is 0 Å². The van der Waals surface area contributed by atoms with Crippen molar-refractivity contribution in [3.8, 4) is 0 Å². The lowest BCUT2D eigenvalue weighted by atomic mass is 10.4. The Hall–Kier alpha value is -1.29. The average Bonchev–Trinajstić information content (AvgIpc) is 2.16. The molecule has 0 aliphatic rings. The van der Waals surface area contributed by atoms with E-state index in [1.165, 1.54) is 6.92 Å². The second-order valence-electron chi connectivity index (χ2n) is 2.65. The molecule has 0 saturated carbocycles. The van der Waals surface area contributed by atoms with Gasteiger partial charge in [-0.2, -0.15) is 0 Å². The van der Waals surface area contributed by atoms with Gasteiger partial charge in [0.1, 0.15) is 0 Å². The van der Waals surface area contributed by atoms with E-state index in [2.05, 4.69) is 16.9 Å². The van der Waals surface area contributed by atoms with Crippen molar-refractivity contribution in [2.75, 3.05) is 11.1 Å². The van der Waals surface area contributed by atoms with Crippen LogP contribution in [-0.4, -0.2) is 16.6 Å².